The highest BCUT2D eigenvalue weighted by atomic mass is 35.5. The van der Waals surface area contributed by atoms with Gasteiger partial charge in [-0.05, 0) is 30.0 Å². The maximum absolute atomic E-state index is 13.4. The number of hydrazone groups is 1. The fourth-order valence-electron chi connectivity index (χ4n) is 4.27. The van der Waals surface area contributed by atoms with Crippen LogP contribution in [-0.4, -0.2) is 90.8 Å². The van der Waals surface area contributed by atoms with Crippen LogP contribution in [0.2, 0.25) is 5.02 Å². The number of sulfonamides is 1. The van der Waals surface area contributed by atoms with Gasteiger partial charge >= 0.3 is 6.03 Å². The fraction of sp³-hybridized carbons (Fsp3) is 0.450. The first-order chi connectivity index (χ1) is 16.3. The topological polar surface area (TPSA) is 114 Å². The summed E-state index contributed by atoms with van der Waals surface area (Å²) in [6, 6.07) is 5.66. The molecule has 34 heavy (non-hydrogen) atoms. The number of hydrogen-bond acceptors (Lipinski definition) is 8. The Labute approximate surface area is 210 Å². The number of carbonyl (C=O) groups is 2. The Balaban J connectivity index is 1.38. The van der Waals surface area contributed by atoms with Crippen LogP contribution < -0.4 is 10.6 Å². The molecule has 0 spiro atoms. The molecule has 4 heterocycles. The second-order valence-corrected chi connectivity index (χ2v) is 12.8. The van der Waals surface area contributed by atoms with Crippen LogP contribution in [0.15, 0.2) is 33.6 Å². The largest absolute Gasteiger partial charge is 0.357 e. The Kier molecular flexibility index (Phi) is 6.50. The van der Waals surface area contributed by atoms with Crippen molar-refractivity contribution < 1.29 is 18.0 Å². The molecule has 182 valence electrons. The highest BCUT2D eigenvalue weighted by Gasteiger charge is 2.42. The maximum Gasteiger partial charge on any atom is 0.341 e. The number of thioether (sulfide) groups is 1. The van der Waals surface area contributed by atoms with Gasteiger partial charge in [0, 0.05) is 48.8 Å². The van der Waals surface area contributed by atoms with Crippen molar-refractivity contribution in [2.45, 2.75) is 22.7 Å². The second kappa shape index (κ2) is 9.28. The van der Waals surface area contributed by atoms with E-state index in [4.69, 9.17) is 11.6 Å². The Morgan fingerprint density at radius 1 is 1.24 bits per heavy atom. The lowest BCUT2D eigenvalue weighted by atomic mass is 10.1. The van der Waals surface area contributed by atoms with Crippen LogP contribution in [0.5, 0.6) is 0 Å². The van der Waals surface area contributed by atoms with Gasteiger partial charge < -0.3 is 10.2 Å². The van der Waals surface area contributed by atoms with Crippen molar-refractivity contribution in [2.24, 2.45) is 5.10 Å². The molecular formula is C20H23ClN6O4S3. The second-order valence-electron chi connectivity index (χ2n) is 8.11. The van der Waals surface area contributed by atoms with Gasteiger partial charge in [-0.15, -0.1) is 11.3 Å². The van der Waals surface area contributed by atoms with Crippen molar-refractivity contribution in [2.75, 3.05) is 39.1 Å². The quantitative estimate of drug-likeness (QED) is 0.611. The van der Waals surface area contributed by atoms with Gasteiger partial charge in [-0.3, -0.25) is 10.1 Å². The summed E-state index contributed by atoms with van der Waals surface area (Å²) in [5, 5.41) is 13.9. The summed E-state index contributed by atoms with van der Waals surface area (Å²) in [6.07, 6.45) is 0.743. The minimum atomic E-state index is -3.86. The maximum atomic E-state index is 13.4. The van der Waals surface area contributed by atoms with Gasteiger partial charge in [-0.1, -0.05) is 29.4 Å². The molecule has 2 saturated heterocycles. The number of hydrogen-bond donors (Lipinski definition) is 2. The summed E-state index contributed by atoms with van der Waals surface area (Å²) >= 11 is 8.75. The standard InChI is InChI=1S/C20H23ClN6O4S3/c1-22-18(28)15-10-25(34(30,31)17-8-12-2-3-13(21)9-16(12)33-17)6-7-26(15)20(29)27-5-4-14-19(24-27)32-11-23-14/h2-3,8-9,14-15,23H,4-7,10-11H2,1H3,(H,22,28). The van der Waals surface area contributed by atoms with Crippen molar-refractivity contribution in [3.8, 4) is 0 Å². The van der Waals surface area contributed by atoms with Crippen LogP contribution in [0.1, 0.15) is 6.42 Å². The highest BCUT2D eigenvalue weighted by Crippen LogP contribution is 2.33. The third-order valence-electron chi connectivity index (χ3n) is 6.11. The van der Waals surface area contributed by atoms with Gasteiger partial charge in [0.1, 0.15) is 15.3 Å². The monoisotopic (exact) mass is 542 g/mol. The summed E-state index contributed by atoms with van der Waals surface area (Å²) in [5.41, 5.74) is 0. The van der Waals surface area contributed by atoms with E-state index in [-0.39, 0.29) is 35.9 Å². The van der Waals surface area contributed by atoms with Gasteiger partial charge in [0.25, 0.3) is 10.0 Å². The first-order valence-electron chi connectivity index (χ1n) is 10.7. The molecule has 2 fully saturated rings. The third kappa shape index (κ3) is 4.29. The van der Waals surface area contributed by atoms with Crippen molar-refractivity contribution in [1.29, 1.82) is 0 Å². The zero-order chi connectivity index (χ0) is 24.0. The smallest absolute Gasteiger partial charge is 0.341 e. The Morgan fingerprint density at radius 3 is 2.85 bits per heavy atom. The number of urea groups is 1. The van der Waals surface area contributed by atoms with Gasteiger partial charge in [0.05, 0.1) is 6.04 Å². The molecule has 1 aromatic carbocycles. The number of nitrogens with zero attached hydrogens (tertiary/aromatic N) is 4. The van der Waals surface area contributed by atoms with Gasteiger partial charge in [-0.2, -0.15) is 9.41 Å². The third-order valence-corrected chi connectivity index (χ3v) is 10.7. The summed E-state index contributed by atoms with van der Waals surface area (Å²) < 4.78 is 29.1. The summed E-state index contributed by atoms with van der Waals surface area (Å²) in [4.78, 5) is 27.5. The zero-order valence-electron chi connectivity index (χ0n) is 18.2. The number of nitrogens with one attached hydrogen (secondary N) is 2. The number of fused-ring (bicyclic) bond motifs is 2. The summed E-state index contributed by atoms with van der Waals surface area (Å²) in [6.45, 7) is 0.471. The molecular weight excluding hydrogens is 520 g/mol. The summed E-state index contributed by atoms with van der Waals surface area (Å²) in [5.74, 6) is 0.336. The van der Waals surface area contributed by atoms with Gasteiger partial charge in [-0.25, -0.2) is 18.2 Å². The molecule has 14 heteroatoms. The number of carbonyl (C=O) groups excluding carboxylic acids is 2. The van der Waals surface area contributed by atoms with Crippen LogP contribution in [0.25, 0.3) is 10.1 Å². The van der Waals surface area contributed by atoms with Gasteiger partial charge in [0.2, 0.25) is 5.91 Å². The van der Waals surface area contributed by atoms with Crippen LogP contribution in [-0.2, 0) is 14.8 Å². The summed E-state index contributed by atoms with van der Waals surface area (Å²) in [7, 11) is -2.39. The van der Waals surface area contributed by atoms with E-state index >= 15 is 0 Å². The van der Waals surface area contributed by atoms with Crippen molar-refractivity contribution in [3.63, 3.8) is 0 Å². The number of benzene rings is 1. The van der Waals surface area contributed by atoms with Crippen LogP contribution >= 0.6 is 34.7 Å². The highest BCUT2D eigenvalue weighted by molar-refractivity contribution is 8.14. The molecule has 0 aliphatic carbocycles. The van der Waals surface area contributed by atoms with E-state index in [0.717, 1.165) is 38.8 Å². The van der Waals surface area contributed by atoms with E-state index < -0.39 is 22.0 Å². The molecule has 1 aromatic heterocycles. The van der Waals surface area contributed by atoms with E-state index in [1.807, 2.05) is 0 Å². The molecule has 2 atom stereocenters. The fourth-order valence-corrected chi connectivity index (χ4v) is 8.52. The Morgan fingerprint density at radius 2 is 2.06 bits per heavy atom. The van der Waals surface area contributed by atoms with Crippen LogP contribution in [0.3, 0.4) is 0 Å². The van der Waals surface area contributed by atoms with Crippen molar-refractivity contribution >= 4 is 71.8 Å². The first-order valence-corrected chi connectivity index (χ1v) is 14.3. The molecule has 0 bridgehead atoms. The lowest BCUT2D eigenvalue weighted by Gasteiger charge is -2.41. The number of amides is 3. The van der Waals surface area contributed by atoms with Crippen LogP contribution in [0, 0.1) is 0 Å². The predicted molar refractivity (Wildman–Crippen MR) is 134 cm³/mol. The number of rotatable bonds is 3. The average molecular weight is 543 g/mol. The minimum Gasteiger partial charge on any atom is -0.357 e. The predicted octanol–water partition coefficient (Wildman–Crippen LogP) is 1.78. The molecule has 2 N–H and O–H groups in total. The van der Waals surface area contributed by atoms with E-state index in [9.17, 15) is 18.0 Å². The number of likely N-dealkylation sites (N-methyl/N-ethyl adjacent to an activating group) is 1. The normalized spacial score (nSPS) is 23.6. The van der Waals surface area contributed by atoms with Gasteiger partial charge in [0.15, 0.2) is 0 Å². The number of piperazine rings is 1. The van der Waals surface area contributed by atoms with E-state index in [1.165, 1.54) is 21.3 Å². The molecule has 2 aromatic rings. The van der Waals surface area contributed by atoms with E-state index in [2.05, 4.69) is 15.7 Å². The van der Waals surface area contributed by atoms with Crippen molar-refractivity contribution in [3.05, 3.63) is 29.3 Å². The van der Waals surface area contributed by atoms with Crippen molar-refractivity contribution in [1.82, 2.24) is 24.8 Å². The molecule has 0 saturated carbocycles. The van der Waals surface area contributed by atoms with E-state index in [1.54, 1.807) is 36.0 Å². The molecule has 0 radical (unpaired) electrons. The first kappa shape index (κ1) is 23.8. The van der Waals surface area contributed by atoms with Crippen LogP contribution in [0.4, 0.5) is 4.79 Å². The molecule has 10 nitrogen and oxygen atoms in total. The number of thiophene rings is 1. The number of halogens is 1. The van der Waals surface area contributed by atoms with E-state index in [0.29, 0.717) is 11.6 Å². The molecule has 5 rings (SSSR count). The lowest BCUT2D eigenvalue weighted by Crippen LogP contribution is -2.63. The SMILES string of the molecule is CNC(=O)C1CN(S(=O)(=O)c2cc3ccc(Cl)cc3s2)CCN1C(=O)N1CCC2NCSC2=N1. The molecule has 3 aliphatic heterocycles. The Bertz CT molecular complexity index is 1280. The zero-order valence-corrected chi connectivity index (χ0v) is 21.4. The molecule has 2 unspecified atom stereocenters. The minimum absolute atomic E-state index is 0.0832. The molecule has 3 aliphatic rings. The lowest BCUT2D eigenvalue weighted by molar-refractivity contribution is -0.126. The average Bonchev–Trinajstić information content (AvgIpc) is 3.49. The molecule has 3 amide bonds. The Hall–Kier alpha value is -1.90.